The van der Waals surface area contributed by atoms with E-state index < -0.39 is 29.0 Å². The van der Waals surface area contributed by atoms with Crippen LogP contribution >= 0.6 is 0 Å². The highest BCUT2D eigenvalue weighted by molar-refractivity contribution is 5.93. The zero-order chi connectivity index (χ0) is 58.3. The SMILES string of the molecule is O=C(O)c1cc(Nc2nc(Nc3ccc4[nH]c(=O)[nH]c4c3)nc(=O)[nH]2)ccc1O.O=C(O)c1cc(Nc2nc(Nc3ccc4[nH]c(=O)[nH]c4c3)nc(Nc3ccc4[nH]c(=O)[nH]c4c3)n2)ccc1O.O=c1nc(Nc2ccccc2)[nH]c(=O)[nH]1. The molecule has 0 amide bonds. The second kappa shape index (κ2) is 22.9. The standard InChI is InChI=1S/C24H18N10O5.C17H13N7O5.C9H8N4O2/c35-18-6-3-10(7-13(18)19(36)37)25-20-32-21(26-11-1-4-14-16(8-11)30-23(38)28-14)34-22(33-20)27-12-2-5-15-17(9-12)31-24(39)29-15;25-12-4-2-7(5-9(12)13(26)27)18-14-22-15(24-17(29)23-14)19-8-1-3-10-11(6-8)21-16(28)20-10;14-8-11-7(12-9(15)13-8)10-6-4-2-1-3-5-6/h1-9,35H,(H,36,37)(H2,28,30,38)(H2,29,31,39)(H3,25,26,27,32,33,34);1-6,25H,(H,26,27)(H2,20,21,28)(H3,18,19,22,23,24,29);1-5H,(H3,10,11,12,13,14,15). The fourth-order valence-corrected chi connectivity index (χ4v) is 7.71. The van der Waals surface area contributed by atoms with Crippen LogP contribution < -0.4 is 66.0 Å². The summed E-state index contributed by atoms with van der Waals surface area (Å²) in [5.41, 5.74) is 3.03. The highest BCUT2D eigenvalue weighted by atomic mass is 16.4. The van der Waals surface area contributed by atoms with Crippen molar-refractivity contribution in [2.75, 3.05) is 31.9 Å². The van der Waals surface area contributed by atoms with Gasteiger partial charge in [-0.15, -0.1) is 0 Å². The molecule has 0 aliphatic carbocycles. The van der Waals surface area contributed by atoms with Crippen LogP contribution in [0.25, 0.3) is 33.1 Å². The maximum Gasteiger partial charge on any atom is 0.352 e. The predicted molar refractivity (Wildman–Crippen MR) is 301 cm³/mol. The second-order valence-electron chi connectivity index (χ2n) is 17.2. The molecule has 0 bridgehead atoms. The molecule has 6 heterocycles. The van der Waals surface area contributed by atoms with E-state index in [0.29, 0.717) is 55.8 Å². The molecule has 0 atom stereocenters. The zero-order valence-electron chi connectivity index (χ0n) is 41.8. The van der Waals surface area contributed by atoms with E-state index in [1.54, 1.807) is 66.7 Å². The van der Waals surface area contributed by atoms with Gasteiger partial charge in [0.25, 0.3) is 0 Å². The van der Waals surface area contributed by atoms with E-state index in [2.05, 4.69) is 102 Å². The number of nitrogens with one attached hydrogen (secondary N) is 15. The van der Waals surface area contributed by atoms with Gasteiger partial charge in [0.1, 0.15) is 22.6 Å². The van der Waals surface area contributed by atoms with Gasteiger partial charge in [-0.25, -0.2) is 38.4 Å². The molecular weight excluding hydrogens is 1090 g/mol. The molecule has 0 aliphatic rings. The molecule has 6 aromatic heterocycles. The van der Waals surface area contributed by atoms with Gasteiger partial charge in [-0.2, -0.15) is 29.9 Å². The Morgan fingerprint density at radius 3 is 1.11 bits per heavy atom. The molecule has 0 aliphatic heterocycles. The van der Waals surface area contributed by atoms with Gasteiger partial charge < -0.3 is 82.2 Å². The second-order valence-corrected chi connectivity index (χ2v) is 17.2. The van der Waals surface area contributed by atoms with Gasteiger partial charge in [0.15, 0.2) is 0 Å². The quantitative estimate of drug-likeness (QED) is 0.0676. The van der Waals surface area contributed by atoms with Gasteiger partial charge in [0, 0.05) is 34.1 Å². The fourth-order valence-electron chi connectivity index (χ4n) is 7.71. The van der Waals surface area contributed by atoms with Crippen LogP contribution in [0.5, 0.6) is 11.5 Å². The first-order valence-electron chi connectivity index (χ1n) is 23.8. The third-order valence-electron chi connectivity index (χ3n) is 11.3. The number of imidazole rings is 3. The number of aromatic hydroxyl groups is 2. The van der Waals surface area contributed by atoms with E-state index in [9.17, 15) is 53.7 Å². The van der Waals surface area contributed by atoms with Gasteiger partial charge in [-0.1, -0.05) is 18.2 Å². The fraction of sp³-hybridized carbons (Fsp3) is 0. The number of benzene rings is 6. The minimum Gasteiger partial charge on any atom is -0.507 e. The number of carboxylic acids is 2. The number of phenols is 2. The van der Waals surface area contributed by atoms with Crippen molar-refractivity contribution in [2.45, 2.75) is 0 Å². The highest BCUT2D eigenvalue weighted by Crippen LogP contribution is 2.28. The molecule has 0 saturated heterocycles. The minimum absolute atomic E-state index is 0.00524. The number of para-hydroxylation sites is 1. The van der Waals surface area contributed by atoms with Crippen LogP contribution in [-0.4, -0.2) is 107 Å². The average Bonchev–Trinajstić information content (AvgIpc) is 4.36. The molecule has 6 aromatic carbocycles. The van der Waals surface area contributed by atoms with Gasteiger partial charge in [-0.05, 0) is 103 Å². The Morgan fingerprint density at radius 1 is 0.325 bits per heavy atom. The number of carbonyl (C=O) groups is 2. The summed E-state index contributed by atoms with van der Waals surface area (Å²) in [5, 5.41) is 55.3. The van der Waals surface area contributed by atoms with Crippen molar-refractivity contribution >= 4 is 115 Å². The number of fused-ring (bicyclic) bond motifs is 3. The molecule has 12 aromatic rings. The number of aromatic nitrogens is 15. The number of carboxylic acid groups (broad SMARTS) is 2. The van der Waals surface area contributed by atoms with Crippen molar-refractivity contribution in [1.29, 1.82) is 0 Å². The molecule has 0 saturated carbocycles. The molecule has 33 nitrogen and oxygen atoms in total. The van der Waals surface area contributed by atoms with E-state index >= 15 is 0 Å². The largest absolute Gasteiger partial charge is 0.507 e. The summed E-state index contributed by atoms with van der Waals surface area (Å²) in [6.07, 6.45) is 0. The average molecular weight is 1130 g/mol. The number of aromatic carboxylic acids is 2. The summed E-state index contributed by atoms with van der Waals surface area (Å²) in [4.78, 5) is 138. The van der Waals surface area contributed by atoms with Crippen molar-refractivity contribution in [1.82, 2.24) is 74.8 Å². The maximum atomic E-state index is 11.9. The number of anilines is 12. The zero-order valence-corrected chi connectivity index (χ0v) is 41.8. The molecule has 19 N–H and O–H groups in total. The van der Waals surface area contributed by atoms with Crippen LogP contribution in [0.15, 0.2) is 150 Å². The Bertz CT molecular complexity index is 4670. The summed E-state index contributed by atoms with van der Waals surface area (Å²) in [6.45, 7) is 0. The van der Waals surface area contributed by atoms with Crippen LogP contribution in [0.1, 0.15) is 20.7 Å². The number of rotatable bonds is 14. The Labute approximate surface area is 457 Å². The highest BCUT2D eigenvalue weighted by Gasteiger charge is 2.15. The van der Waals surface area contributed by atoms with Crippen molar-refractivity contribution in [3.05, 3.63) is 195 Å². The Kier molecular flexibility index (Phi) is 14.7. The molecule has 12 rings (SSSR count). The molecule has 416 valence electrons. The molecule has 0 unspecified atom stereocenters. The van der Waals surface area contributed by atoms with E-state index in [4.69, 9.17) is 5.11 Å². The molecule has 33 heteroatoms. The number of nitrogens with zero attached hydrogens (tertiary/aromatic N) is 6. The van der Waals surface area contributed by atoms with Crippen molar-refractivity contribution in [3.63, 3.8) is 0 Å². The third kappa shape index (κ3) is 13.4. The molecule has 0 radical (unpaired) electrons. The summed E-state index contributed by atoms with van der Waals surface area (Å²) < 4.78 is 0. The lowest BCUT2D eigenvalue weighted by Gasteiger charge is -2.12. The predicted octanol–water partition coefficient (Wildman–Crippen LogP) is 4.27. The molecule has 0 fully saturated rings. The van der Waals surface area contributed by atoms with E-state index in [-0.39, 0.29) is 81.1 Å². The smallest absolute Gasteiger partial charge is 0.352 e. The Hall–Kier alpha value is -13.1. The lowest BCUT2D eigenvalue weighted by Crippen LogP contribution is -2.25. The molecular formula is C50H39N21O12. The lowest BCUT2D eigenvalue weighted by molar-refractivity contribution is 0.0682. The minimum atomic E-state index is -1.30. The van der Waals surface area contributed by atoms with E-state index in [1.165, 1.54) is 36.4 Å². The summed E-state index contributed by atoms with van der Waals surface area (Å²) in [5.74, 6) is -2.96. The van der Waals surface area contributed by atoms with Crippen LogP contribution in [0.2, 0.25) is 0 Å². The van der Waals surface area contributed by atoms with E-state index in [0.717, 1.165) is 5.69 Å². The summed E-state index contributed by atoms with van der Waals surface area (Å²) in [6, 6.07) is 32.1. The van der Waals surface area contributed by atoms with Crippen molar-refractivity contribution < 1.29 is 30.0 Å². The topological polar surface area (TPSA) is 509 Å². The van der Waals surface area contributed by atoms with E-state index in [1.807, 2.05) is 23.2 Å². The van der Waals surface area contributed by atoms with Crippen LogP contribution in [0, 0.1) is 0 Å². The molecule has 83 heavy (non-hydrogen) atoms. The summed E-state index contributed by atoms with van der Waals surface area (Å²) >= 11 is 0. The van der Waals surface area contributed by atoms with Gasteiger partial charge in [-0.3, -0.25) is 15.0 Å². The maximum absolute atomic E-state index is 11.9. The third-order valence-corrected chi connectivity index (χ3v) is 11.3. The molecule has 0 spiro atoms. The number of hydrogen-bond donors (Lipinski definition) is 19. The first kappa shape index (κ1) is 53.3. The number of aromatic amines is 9. The van der Waals surface area contributed by atoms with Crippen LogP contribution in [0.4, 0.5) is 69.8 Å². The first-order valence-corrected chi connectivity index (χ1v) is 23.8. The van der Waals surface area contributed by atoms with Crippen LogP contribution in [-0.2, 0) is 0 Å². The Morgan fingerprint density at radius 2 is 0.675 bits per heavy atom. The van der Waals surface area contributed by atoms with Gasteiger partial charge >= 0.3 is 46.1 Å². The monoisotopic (exact) mass is 1130 g/mol. The summed E-state index contributed by atoms with van der Waals surface area (Å²) in [7, 11) is 0. The normalized spacial score (nSPS) is 10.7. The number of H-pyrrole nitrogens is 9. The van der Waals surface area contributed by atoms with Gasteiger partial charge in [0.2, 0.25) is 35.7 Å². The van der Waals surface area contributed by atoms with Gasteiger partial charge in [0.05, 0.1) is 33.1 Å². The first-order chi connectivity index (χ1) is 39.9. The lowest BCUT2D eigenvalue weighted by atomic mass is 10.2. The van der Waals surface area contributed by atoms with Crippen molar-refractivity contribution in [3.8, 4) is 11.5 Å². The number of hydrogen-bond acceptors (Lipinski definition) is 22. The van der Waals surface area contributed by atoms with Crippen molar-refractivity contribution in [2.24, 2.45) is 0 Å². The van der Waals surface area contributed by atoms with Crippen LogP contribution in [0.3, 0.4) is 0 Å². The Balaban J connectivity index is 0.000000153.